The summed E-state index contributed by atoms with van der Waals surface area (Å²) in [7, 11) is 2.87. The number of benzene rings is 1. The second-order valence-corrected chi connectivity index (χ2v) is 3.94. The number of hydrogen-bond acceptors (Lipinski definition) is 3. The van der Waals surface area contributed by atoms with Crippen LogP contribution in [0.2, 0.25) is 0 Å². The van der Waals surface area contributed by atoms with Crippen LogP contribution in [0, 0.1) is 0 Å². The Kier molecular flexibility index (Phi) is 4.35. The van der Waals surface area contributed by atoms with Crippen LogP contribution in [0.25, 0.3) is 0 Å². The average Bonchev–Trinajstić information content (AvgIpc) is 2.25. The molecule has 0 bridgehead atoms. The molecule has 0 atom stereocenters. The Labute approximate surface area is 95.7 Å². The zero-order valence-electron chi connectivity index (χ0n) is 8.80. The fourth-order valence-electron chi connectivity index (χ4n) is 1.06. The molecule has 0 spiro atoms. The summed E-state index contributed by atoms with van der Waals surface area (Å²) >= 11 is 0.678. The van der Waals surface area contributed by atoms with Gasteiger partial charge in [-0.15, -0.1) is 11.8 Å². The Hall–Kier alpha value is -1.04. The standard InChI is InChI=1S/C10H11F3O2S/c1-14-7-3-4-8(15-2)9(5-7)16-6-10(11,12)13/h3-5H,6H2,1-2H3. The van der Waals surface area contributed by atoms with Crippen LogP contribution < -0.4 is 9.47 Å². The molecule has 0 radical (unpaired) electrons. The van der Waals surface area contributed by atoms with Gasteiger partial charge in [-0.3, -0.25) is 0 Å². The molecule has 0 N–H and O–H groups in total. The average molecular weight is 252 g/mol. The van der Waals surface area contributed by atoms with Crippen molar-refractivity contribution in [2.45, 2.75) is 11.1 Å². The fraction of sp³-hybridized carbons (Fsp3) is 0.400. The van der Waals surface area contributed by atoms with Crippen molar-refractivity contribution in [3.63, 3.8) is 0 Å². The molecule has 0 saturated heterocycles. The molecule has 2 nitrogen and oxygen atoms in total. The van der Waals surface area contributed by atoms with Gasteiger partial charge in [0.1, 0.15) is 11.5 Å². The quantitative estimate of drug-likeness (QED) is 0.765. The van der Waals surface area contributed by atoms with Crippen molar-refractivity contribution in [3.8, 4) is 11.5 Å². The van der Waals surface area contributed by atoms with Gasteiger partial charge in [-0.25, -0.2) is 0 Å². The summed E-state index contributed by atoms with van der Waals surface area (Å²) in [6, 6.07) is 4.74. The van der Waals surface area contributed by atoms with Gasteiger partial charge in [-0.2, -0.15) is 13.2 Å². The number of methoxy groups -OCH3 is 2. The summed E-state index contributed by atoms with van der Waals surface area (Å²) in [6.07, 6.45) is -4.20. The van der Waals surface area contributed by atoms with Gasteiger partial charge in [-0.05, 0) is 18.2 Å². The van der Waals surface area contributed by atoms with Crippen LogP contribution in [-0.2, 0) is 0 Å². The third-order valence-electron chi connectivity index (χ3n) is 1.76. The highest BCUT2D eigenvalue weighted by Crippen LogP contribution is 2.35. The van der Waals surface area contributed by atoms with Crippen molar-refractivity contribution in [3.05, 3.63) is 18.2 Å². The smallest absolute Gasteiger partial charge is 0.398 e. The molecule has 1 rings (SSSR count). The number of ether oxygens (including phenoxy) is 2. The number of halogens is 3. The van der Waals surface area contributed by atoms with Crippen molar-refractivity contribution in [1.29, 1.82) is 0 Å². The lowest BCUT2D eigenvalue weighted by molar-refractivity contribution is -0.105. The summed E-state index contributed by atoms with van der Waals surface area (Å²) in [6.45, 7) is 0. The first-order valence-corrected chi connectivity index (χ1v) is 5.36. The van der Waals surface area contributed by atoms with Crippen molar-refractivity contribution in [1.82, 2.24) is 0 Å². The zero-order valence-corrected chi connectivity index (χ0v) is 9.61. The topological polar surface area (TPSA) is 18.5 Å². The SMILES string of the molecule is COc1ccc(OC)c(SCC(F)(F)F)c1. The molecule has 0 aliphatic rings. The summed E-state index contributed by atoms with van der Waals surface area (Å²) in [4.78, 5) is 0.416. The van der Waals surface area contributed by atoms with E-state index in [0.717, 1.165) is 0 Å². The maximum Gasteiger partial charge on any atom is 0.398 e. The number of rotatable bonds is 4. The first-order valence-electron chi connectivity index (χ1n) is 4.38. The molecule has 0 aliphatic heterocycles. The Morgan fingerprint density at radius 2 is 1.88 bits per heavy atom. The predicted molar refractivity (Wildman–Crippen MR) is 56.3 cm³/mol. The number of thioether (sulfide) groups is 1. The molecule has 0 heterocycles. The van der Waals surface area contributed by atoms with Gasteiger partial charge in [0.15, 0.2) is 0 Å². The van der Waals surface area contributed by atoms with E-state index in [1.807, 2.05) is 0 Å². The lowest BCUT2D eigenvalue weighted by Gasteiger charge is -2.11. The second-order valence-electron chi connectivity index (χ2n) is 2.92. The Bertz CT molecular complexity index is 352. The van der Waals surface area contributed by atoms with Gasteiger partial charge in [0, 0.05) is 0 Å². The van der Waals surface area contributed by atoms with Crippen LogP contribution in [0.3, 0.4) is 0 Å². The van der Waals surface area contributed by atoms with Gasteiger partial charge >= 0.3 is 6.18 Å². The van der Waals surface area contributed by atoms with Gasteiger partial charge in [0.25, 0.3) is 0 Å². The number of hydrogen-bond donors (Lipinski definition) is 0. The largest absolute Gasteiger partial charge is 0.497 e. The summed E-state index contributed by atoms with van der Waals surface area (Å²) < 4.78 is 46.1. The molecule has 90 valence electrons. The minimum absolute atomic E-state index is 0.412. The molecule has 0 saturated carbocycles. The van der Waals surface area contributed by atoms with Crippen molar-refractivity contribution >= 4 is 11.8 Å². The molecule has 1 aromatic carbocycles. The molecule has 0 unspecified atom stereocenters. The summed E-state index contributed by atoms with van der Waals surface area (Å²) in [5, 5.41) is 0. The van der Waals surface area contributed by atoms with E-state index >= 15 is 0 Å². The van der Waals surface area contributed by atoms with E-state index in [-0.39, 0.29) is 0 Å². The van der Waals surface area contributed by atoms with Crippen LogP contribution in [0.4, 0.5) is 13.2 Å². The van der Waals surface area contributed by atoms with Crippen LogP contribution in [0.5, 0.6) is 11.5 Å². The molecule has 1 aromatic rings. The van der Waals surface area contributed by atoms with Crippen LogP contribution in [0.15, 0.2) is 23.1 Å². The molecular formula is C10H11F3O2S. The van der Waals surface area contributed by atoms with Crippen LogP contribution in [0.1, 0.15) is 0 Å². The van der Waals surface area contributed by atoms with Crippen molar-refractivity contribution in [2.24, 2.45) is 0 Å². The summed E-state index contributed by atoms with van der Waals surface area (Å²) in [5.74, 6) is -0.0307. The molecular weight excluding hydrogens is 241 g/mol. The lowest BCUT2D eigenvalue weighted by atomic mass is 10.3. The minimum atomic E-state index is -4.20. The third-order valence-corrected chi connectivity index (χ3v) is 2.86. The van der Waals surface area contributed by atoms with E-state index < -0.39 is 11.9 Å². The Morgan fingerprint density at radius 1 is 1.19 bits per heavy atom. The normalized spacial score (nSPS) is 11.3. The predicted octanol–water partition coefficient (Wildman–Crippen LogP) is 3.36. The van der Waals surface area contributed by atoms with E-state index in [9.17, 15) is 13.2 Å². The summed E-state index contributed by atoms with van der Waals surface area (Å²) in [5.41, 5.74) is 0. The first kappa shape index (κ1) is 13.0. The maximum atomic E-state index is 12.1. The minimum Gasteiger partial charge on any atom is -0.497 e. The van der Waals surface area contributed by atoms with Gasteiger partial charge < -0.3 is 9.47 Å². The van der Waals surface area contributed by atoms with E-state index in [1.54, 1.807) is 12.1 Å². The molecule has 0 amide bonds. The van der Waals surface area contributed by atoms with E-state index in [0.29, 0.717) is 28.2 Å². The van der Waals surface area contributed by atoms with Crippen molar-refractivity contribution < 1.29 is 22.6 Å². The first-order chi connectivity index (χ1) is 7.46. The molecule has 0 aliphatic carbocycles. The van der Waals surface area contributed by atoms with Gasteiger partial charge in [-0.1, -0.05) is 0 Å². The third kappa shape index (κ3) is 3.84. The highest BCUT2D eigenvalue weighted by atomic mass is 32.2. The van der Waals surface area contributed by atoms with Gasteiger partial charge in [0.2, 0.25) is 0 Å². The monoisotopic (exact) mass is 252 g/mol. The van der Waals surface area contributed by atoms with Gasteiger partial charge in [0.05, 0.1) is 24.9 Å². The maximum absolute atomic E-state index is 12.1. The highest BCUT2D eigenvalue weighted by Gasteiger charge is 2.27. The second kappa shape index (κ2) is 5.34. The fourth-order valence-corrected chi connectivity index (χ4v) is 1.87. The van der Waals surface area contributed by atoms with Crippen LogP contribution in [-0.4, -0.2) is 26.1 Å². The molecule has 0 aromatic heterocycles. The Balaban J connectivity index is 2.83. The Morgan fingerprint density at radius 3 is 2.38 bits per heavy atom. The van der Waals surface area contributed by atoms with Crippen LogP contribution >= 0.6 is 11.8 Å². The molecule has 0 fully saturated rings. The highest BCUT2D eigenvalue weighted by molar-refractivity contribution is 7.99. The van der Waals surface area contributed by atoms with Crippen molar-refractivity contribution in [2.75, 3.05) is 20.0 Å². The molecule has 6 heteroatoms. The van der Waals surface area contributed by atoms with E-state index in [1.165, 1.54) is 20.3 Å². The zero-order chi connectivity index (χ0) is 12.2. The lowest BCUT2D eigenvalue weighted by Crippen LogP contribution is -2.10. The van der Waals surface area contributed by atoms with E-state index in [2.05, 4.69) is 0 Å². The van der Waals surface area contributed by atoms with E-state index in [4.69, 9.17) is 9.47 Å². The number of alkyl halides is 3. The molecule has 16 heavy (non-hydrogen) atoms.